The van der Waals surface area contributed by atoms with Crippen molar-refractivity contribution < 1.29 is 0 Å². The van der Waals surface area contributed by atoms with Gasteiger partial charge in [-0.2, -0.15) is 0 Å². The van der Waals surface area contributed by atoms with Crippen LogP contribution in [-0.2, 0) is 0 Å². The Balaban J connectivity index is 2.56. The van der Waals surface area contributed by atoms with E-state index in [0.29, 0.717) is 12.0 Å². The molecule has 0 aromatic carbocycles. The lowest BCUT2D eigenvalue weighted by atomic mass is 10.1. The van der Waals surface area contributed by atoms with Crippen molar-refractivity contribution in [1.29, 1.82) is 0 Å². The van der Waals surface area contributed by atoms with Crippen LogP contribution in [-0.4, -0.2) is 36.1 Å². The summed E-state index contributed by atoms with van der Waals surface area (Å²) < 4.78 is 0. The van der Waals surface area contributed by atoms with Crippen LogP contribution in [0.5, 0.6) is 0 Å². The van der Waals surface area contributed by atoms with Crippen LogP contribution >= 0.6 is 0 Å². The molecule has 0 unspecified atom stereocenters. The molecule has 0 spiro atoms. The average molecular weight is 236 g/mol. The number of anilines is 1. The molecule has 1 rings (SSSR count). The molecule has 1 aromatic rings. The minimum Gasteiger partial charge on any atom is -0.358 e. The van der Waals surface area contributed by atoms with E-state index < -0.39 is 0 Å². The summed E-state index contributed by atoms with van der Waals surface area (Å²) in [6.07, 6.45) is 1.65. The highest BCUT2D eigenvalue weighted by Crippen LogP contribution is 2.15. The van der Waals surface area contributed by atoms with Crippen molar-refractivity contribution in [3.05, 3.63) is 18.1 Å². The van der Waals surface area contributed by atoms with Gasteiger partial charge in [-0.1, -0.05) is 27.7 Å². The zero-order chi connectivity index (χ0) is 12.8. The monoisotopic (exact) mass is 236 g/mol. The van der Waals surface area contributed by atoms with E-state index in [4.69, 9.17) is 0 Å². The van der Waals surface area contributed by atoms with E-state index in [-0.39, 0.29) is 0 Å². The zero-order valence-corrected chi connectivity index (χ0v) is 11.6. The first-order valence-electron chi connectivity index (χ1n) is 6.27. The molecule has 1 heterocycles. The van der Waals surface area contributed by atoms with E-state index in [1.54, 1.807) is 6.33 Å². The van der Waals surface area contributed by atoms with E-state index in [9.17, 15) is 0 Å². The standard InChI is InChI=1S/C13H24N4/c1-10(2)12-8-13(16-9-15-12)17(5)7-6-14-11(3)4/h8-11,14H,6-7H2,1-5H3. The molecule has 0 saturated heterocycles. The summed E-state index contributed by atoms with van der Waals surface area (Å²) in [5, 5.41) is 3.40. The molecule has 1 N–H and O–H groups in total. The first kappa shape index (κ1) is 13.9. The fourth-order valence-corrected chi connectivity index (χ4v) is 1.52. The Kier molecular flexibility index (Phi) is 5.35. The number of hydrogen-bond donors (Lipinski definition) is 1. The van der Waals surface area contributed by atoms with E-state index in [1.165, 1.54) is 0 Å². The Morgan fingerprint density at radius 2 is 1.94 bits per heavy atom. The highest BCUT2D eigenvalue weighted by molar-refractivity contribution is 5.38. The lowest BCUT2D eigenvalue weighted by Gasteiger charge is -2.20. The maximum atomic E-state index is 4.31. The summed E-state index contributed by atoms with van der Waals surface area (Å²) in [4.78, 5) is 10.7. The summed E-state index contributed by atoms with van der Waals surface area (Å²) in [7, 11) is 2.06. The molecule has 4 heteroatoms. The Morgan fingerprint density at radius 1 is 1.24 bits per heavy atom. The second-order valence-electron chi connectivity index (χ2n) is 4.99. The van der Waals surface area contributed by atoms with Crippen LogP contribution in [0.2, 0.25) is 0 Å². The molecule has 0 atom stereocenters. The number of aromatic nitrogens is 2. The quantitative estimate of drug-likeness (QED) is 0.820. The predicted octanol–water partition coefficient (Wildman–Crippen LogP) is 2.03. The SMILES string of the molecule is CC(C)NCCN(C)c1cc(C(C)C)ncn1. The normalized spacial score (nSPS) is 11.2. The van der Waals surface area contributed by atoms with Crippen molar-refractivity contribution in [3.63, 3.8) is 0 Å². The lowest BCUT2D eigenvalue weighted by Crippen LogP contribution is -2.33. The van der Waals surface area contributed by atoms with Crippen LogP contribution < -0.4 is 10.2 Å². The Hall–Kier alpha value is -1.16. The third-order valence-corrected chi connectivity index (χ3v) is 2.66. The van der Waals surface area contributed by atoms with Gasteiger partial charge in [0.05, 0.1) is 0 Å². The molecule has 1 aromatic heterocycles. The van der Waals surface area contributed by atoms with Crippen molar-refractivity contribution in [2.24, 2.45) is 0 Å². The molecule has 0 aliphatic rings. The van der Waals surface area contributed by atoms with Gasteiger partial charge in [0.25, 0.3) is 0 Å². The van der Waals surface area contributed by atoms with Gasteiger partial charge in [-0.05, 0) is 5.92 Å². The molecular formula is C13H24N4. The Morgan fingerprint density at radius 3 is 2.53 bits per heavy atom. The minimum absolute atomic E-state index is 0.443. The van der Waals surface area contributed by atoms with Gasteiger partial charge in [0, 0.05) is 37.9 Å². The Bertz CT molecular complexity index is 336. The average Bonchev–Trinajstić information content (AvgIpc) is 2.28. The maximum absolute atomic E-state index is 4.31. The smallest absolute Gasteiger partial charge is 0.131 e. The molecule has 0 radical (unpaired) electrons. The van der Waals surface area contributed by atoms with Gasteiger partial charge < -0.3 is 10.2 Å². The molecule has 17 heavy (non-hydrogen) atoms. The Labute approximate surface area is 104 Å². The molecule has 4 nitrogen and oxygen atoms in total. The minimum atomic E-state index is 0.443. The molecule has 0 bridgehead atoms. The fraction of sp³-hybridized carbons (Fsp3) is 0.692. The van der Waals surface area contributed by atoms with Crippen molar-refractivity contribution in [1.82, 2.24) is 15.3 Å². The van der Waals surface area contributed by atoms with Crippen molar-refractivity contribution in [2.75, 3.05) is 25.0 Å². The van der Waals surface area contributed by atoms with E-state index in [1.807, 2.05) is 0 Å². The summed E-state index contributed by atoms with van der Waals surface area (Å²) in [6.45, 7) is 10.5. The van der Waals surface area contributed by atoms with Crippen molar-refractivity contribution in [2.45, 2.75) is 39.7 Å². The first-order chi connectivity index (χ1) is 8.00. The van der Waals surface area contributed by atoms with Crippen molar-refractivity contribution >= 4 is 5.82 Å². The van der Waals surface area contributed by atoms with Crippen LogP contribution in [0.4, 0.5) is 5.82 Å². The van der Waals surface area contributed by atoms with Crippen LogP contribution in [0, 0.1) is 0 Å². The van der Waals surface area contributed by atoms with Gasteiger partial charge in [-0.3, -0.25) is 0 Å². The molecule has 0 amide bonds. The molecule has 0 aliphatic carbocycles. The number of likely N-dealkylation sites (N-methyl/N-ethyl adjacent to an activating group) is 1. The first-order valence-corrected chi connectivity index (χ1v) is 6.27. The maximum Gasteiger partial charge on any atom is 0.131 e. The second kappa shape index (κ2) is 6.55. The van der Waals surface area contributed by atoms with Crippen LogP contribution in [0.15, 0.2) is 12.4 Å². The summed E-state index contributed by atoms with van der Waals surface area (Å²) in [6, 6.07) is 2.60. The predicted molar refractivity (Wildman–Crippen MR) is 72.5 cm³/mol. The van der Waals surface area contributed by atoms with Crippen LogP contribution in [0.1, 0.15) is 39.3 Å². The molecule has 0 aliphatic heterocycles. The number of rotatable bonds is 6. The van der Waals surface area contributed by atoms with Gasteiger partial charge in [0.15, 0.2) is 0 Å². The topological polar surface area (TPSA) is 41.0 Å². The molecule has 0 fully saturated rings. The highest BCUT2D eigenvalue weighted by Gasteiger charge is 2.06. The number of nitrogens with zero attached hydrogens (tertiary/aromatic N) is 3. The van der Waals surface area contributed by atoms with Gasteiger partial charge in [-0.25, -0.2) is 9.97 Å². The summed E-state index contributed by atoms with van der Waals surface area (Å²) >= 11 is 0. The third kappa shape index (κ3) is 4.69. The van der Waals surface area contributed by atoms with Crippen LogP contribution in [0.3, 0.4) is 0 Å². The lowest BCUT2D eigenvalue weighted by molar-refractivity contribution is 0.588. The van der Waals surface area contributed by atoms with Crippen molar-refractivity contribution in [3.8, 4) is 0 Å². The van der Waals surface area contributed by atoms with Gasteiger partial charge in [-0.15, -0.1) is 0 Å². The molecule has 0 saturated carbocycles. The van der Waals surface area contributed by atoms with E-state index in [2.05, 4.69) is 61.0 Å². The second-order valence-corrected chi connectivity index (χ2v) is 4.99. The summed E-state index contributed by atoms with van der Waals surface area (Å²) in [5.41, 5.74) is 1.10. The molecule has 96 valence electrons. The highest BCUT2D eigenvalue weighted by atomic mass is 15.2. The van der Waals surface area contributed by atoms with Crippen LogP contribution in [0.25, 0.3) is 0 Å². The molecular weight excluding hydrogens is 212 g/mol. The largest absolute Gasteiger partial charge is 0.358 e. The van der Waals surface area contributed by atoms with Gasteiger partial charge >= 0.3 is 0 Å². The van der Waals surface area contributed by atoms with Gasteiger partial charge in [0.2, 0.25) is 0 Å². The summed E-state index contributed by atoms with van der Waals surface area (Å²) in [5.74, 6) is 1.44. The number of nitrogens with one attached hydrogen (secondary N) is 1. The van der Waals surface area contributed by atoms with E-state index >= 15 is 0 Å². The fourth-order valence-electron chi connectivity index (χ4n) is 1.52. The zero-order valence-electron chi connectivity index (χ0n) is 11.6. The number of hydrogen-bond acceptors (Lipinski definition) is 4. The third-order valence-electron chi connectivity index (χ3n) is 2.66. The van der Waals surface area contributed by atoms with Gasteiger partial charge in [0.1, 0.15) is 12.1 Å². The van der Waals surface area contributed by atoms with E-state index in [0.717, 1.165) is 24.6 Å².